The summed E-state index contributed by atoms with van der Waals surface area (Å²) in [5.74, 6) is 0. The number of benzene rings is 1. The van der Waals surface area contributed by atoms with Crippen molar-refractivity contribution in [1.29, 1.82) is 0 Å². The van der Waals surface area contributed by atoms with E-state index in [0.717, 1.165) is 13.0 Å². The molecule has 0 heterocycles. The number of aryl methyl sites for hydroxylation is 2. The van der Waals surface area contributed by atoms with Crippen LogP contribution in [0.15, 0.2) is 18.2 Å². The van der Waals surface area contributed by atoms with Crippen molar-refractivity contribution in [2.75, 3.05) is 6.54 Å². The van der Waals surface area contributed by atoms with E-state index < -0.39 is 0 Å². The van der Waals surface area contributed by atoms with E-state index in [1.807, 2.05) is 0 Å². The van der Waals surface area contributed by atoms with Crippen molar-refractivity contribution in [3.8, 4) is 0 Å². The molecule has 1 aromatic rings. The van der Waals surface area contributed by atoms with Crippen molar-refractivity contribution in [3.63, 3.8) is 0 Å². The molecule has 0 amide bonds. The Kier molecular flexibility index (Phi) is 3.42. The van der Waals surface area contributed by atoms with Gasteiger partial charge in [-0.05, 0) is 48.9 Å². The fourth-order valence-electron chi connectivity index (χ4n) is 2.29. The second-order valence-electron chi connectivity index (χ2n) is 4.82. The lowest BCUT2D eigenvalue weighted by Gasteiger charge is -2.08. The fraction of sp³-hybridized carbons (Fsp3) is 0.571. The smallest absolute Gasteiger partial charge is 0.00105 e. The fourth-order valence-corrected chi connectivity index (χ4v) is 2.29. The third-order valence-corrected chi connectivity index (χ3v) is 3.13. The van der Waals surface area contributed by atoms with E-state index in [1.54, 1.807) is 11.1 Å². The van der Waals surface area contributed by atoms with Crippen LogP contribution >= 0.6 is 0 Å². The summed E-state index contributed by atoms with van der Waals surface area (Å²) in [6.07, 6.45) is 5.09. The summed E-state index contributed by atoms with van der Waals surface area (Å²) in [6.45, 7) is 5.49. The molecular weight excluding hydrogens is 182 g/mol. The van der Waals surface area contributed by atoms with Gasteiger partial charge in [0.25, 0.3) is 0 Å². The van der Waals surface area contributed by atoms with Gasteiger partial charge in [-0.3, -0.25) is 0 Å². The zero-order valence-electron chi connectivity index (χ0n) is 9.84. The van der Waals surface area contributed by atoms with E-state index in [2.05, 4.69) is 37.4 Å². The molecular formula is C14H21N. The van der Waals surface area contributed by atoms with Gasteiger partial charge in [0.05, 0.1) is 0 Å². The van der Waals surface area contributed by atoms with Crippen LogP contribution in [-0.2, 0) is 19.3 Å². The van der Waals surface area contributed by atoms with E-state index in [1.165, 1.54) is 24.8 Å². The zero-order valence-corrected chi connectivity index (χ0v) is 9.84. The van der Waals surface area contributed by atoms with Gasteiger partial charge in [-0.2, -0.15) is 0 Å². The Hall–Kier alpha value is -0.820. The molecule has 1 aromatic carbocycles. The van der Waals surface area contributed by atoms with Gasteiger partial charge in [0, 0.05) is 6.04 Å². The van der Waals surface area contributed by atoms with Gasteiger partial charge in [-0.1, -0.05) is 32.0 Å². The summed E-state index contributed by atoms with van der Waals surface area (Å²) < 4.78 is 0. The minimum Gasteiger partial charge on any atom is -0.314 e. The molecule has 0 bridgehead atoms. The van der Waals surface area contributed by atoms with E-state index in [0.29, 0.717) is 6.04 Å². The average Bonchev–Trinajstić information content (AvgIpc) is 2.64. The first kappa shape index (κ1) is 10.7. The summed E-state index contributed by atoms with van der Waals surface area (Å²) in [6, 6.07) is 7.63. The number of hydrogen-bond donors (Lipinski definition) is 1. The number of nitrogens with one attached hydrogen (secondary N) is 1. The third kappa shape index (κ3) is 2.82. The lowest BCUT2D eigenvalue weighted by molar-refractivity contribution is 0.590. The molecule has 0 saturated heterocycles. The molecule has 0 spiro atoms. The molecule has 2 rings (SSSR count). The largest absolute Gasteiger partial charge is 0.314 e. The quantitative estimate of drug-likeness (QED) is 0.793. The van der Waals surface area contributed by atoms with E-state index in [4.69, 9.17) is 0 Å². The minimum absolute atomic E-state index is 0.597. The van der Waals surface area contributed by atoms with Gasteiger partial charge < -0.3 is 5.32 Å². The van der Waals surface area contributed by atoms with Crippen LogP contribution < -0.4 is 5.32 Å². The lowest BCUT2D eigenvalue weighted by Crippen LogP contribution is -2.24. The average molecular weight is 203 g/mol. The summed E-state index contributed by atoms with van der Waals surface area (Å²) in [5, 5.41) is 3.46. The van der Waals surface area contributed by atoms with Crippen molar-refractivity contribution in [3.05, 3.63) is 34.9 Å². The molecule has 0 aromatic heterocycles. The van der Waals surface area contributed by atoms with Gasteiger partial charge in [0.1, 0.15) is 0 Å². The van der Waals surface area contributed by atoms with Crippen LogP contribution in [0.2, 0.25) is 0 Å². The van der Waals surface area contributed by atoms with Crippen molar-refractivity contribution in [1.82, 2.24) is 5.32 Å². The lowest BCUT2D eigenvalue weighted by atomic mass is 10.0. The van der Waals surface area contributed by atoms with Crippen LogP contribution in [-0.4, -0.2) is 12.6 Å². The Balaban J connectivity index is 1.92. The number of hydrogen-bond acceptors (Lipinski definition) is 1. The predicted octanol–water partition coefficient (Wildman–Crippen LogP) is 2.72. The molecule has 1 heteroatoms. The standard InChI is InChI=1S/C14H21N/c1-11(2)15-9-8-12-6-7-13-4-3-5-14(13)10-12/h6-7,10-11,15H,3-5,8-9H2,1-2H3. The molecule has 1 nitrogen and oxygen atoms in total. The van der Waals surface area contributed by atoms with E-state index >= 15 is 0 Å². The molecule has 82 valence electrons. The SMILES string of the molecule is CC(C)NCCc1ccc2c(c1)CCC2. The Morgan fingerprint density at radius 3 is 2.80 bits per heavy atom. The van der Waals surface area contributed by atoms with E-state index in [9.17, 15) is 0 Å². The summed E-state index contributed by atoms with van der Waals surface area (Å²) in [5.41, 5.74) is 4.66. The van der Waals surface area contributed by atoms with Crippen LogP contribution in [0.25, 0.3) is 0 Å². The molecule has 0 unspecified atom stereocenters. The van der Waals surface area contributed by atoms with Crippen molar-refractivity contribution < 1.29 is 0 Å². The molecule has 1 N–H and O–H groups in total. The minimum atomic E-state index is 0.597. The Morgan fingerprint density at radius 2 is 2.00 bits per heavy atom. The van der Waals surface area contributed by atoms with Crippen LogP contribution in [0.5, 0.6) is 0 Å². The van der Waals surface area contributed by atoms with Crippen molar-refractivity contribution in [2.45, 2.75) is 45.6 Å². The van der Waals surface area contributed by atoms with Crippen LogP contribution in [0, 0.1) is 0 Å². The summed E-state index contributed by atoms with van der Waals surface area (Å²) in [4.78, 5) is 0. The number of fused-ring (bicyclic) bond motifs is 1. The van der Waals surface area contributed by atoms with E-state index in [-0.39, 0.29) is 0 Å². The highest BCUT2D eigenvalue weighted by Gasteiger charge is 2.10. The van der Waals surface area contributed by atoms with Gasteiger partial charge in [0.2, 0.25) is 0 Å². The maximum atomic E-state index is 3.46. The van der Waals surface area contributed by atoms with Gasteiger partial charge in [0.15, 0.2) is 0 Å². The maximum absolute atomic E-state index is 3.46. The molecule has 0 aliphatic heterocycles. The summed E-state index contributed by atoms with van der Waals surface area (Å²) >= 11 is 0. The highest BCUT2D eigenvalue weighted by Crippen LogP contribution is 2.22. The van der Waals surface area contributed by atoms with Crippen molar-refractivity contribution in [2.24, 2.45) is 0 Å². The molecule has 0 saturated carbocycles. The van der Waals surface area contributed by atoms with Gasteiger partial charge in [-0.25, -0.2) is 0 Å². The highest BCUT2D eigenvalue weighted by atomic mass is 14.9. The van der Waals surface area contributed by atoms with Gasteiger partial charge >= 0.3 is 0 Å². The normalized spacial score (nSPS) is 14.6. The first-order chi connectivity index (χ1) is 7.25. The molecule has 1 aliphatic rings. The molecule has 0 fully saturated rings. The first-order valence-electron chi connectivity index (χ1n) is 6.10. The van der Waals surface area contributed by atoms with Crippen LogP contribution in [0.4, 0.5) is 0 Å². The Morgan fingerprint density at radius 1 is 1.20 bits per heavy atom. The number of rotatable bonds is 4. The highest BCUT2D eigenvalue weighted by molar-refractivity contribution is 5.35. The Labute approximate surface area is 92.9 Å². The second-order valence-corrected chi connectivity index (χ2v) is 4.82. The summed E-state index contributed by atoms with van der Waals surface area (Å²) in [7, 11) is 0. The third-order valence-electron chi connectivity index (χ3n) is 3.13. The predicted molar refractivity (Wildman–Crippen MR) is 65.3 cm³/mol. The van der Waals surface area contributed by atoms with Crippen molar-refractivity contribution >= 4 is 0 Å². The van der Waals surface area contributed by atoms with Gasteiger partial charge in [-0.15, -0.1) is 0 Å². The topological polar surface area (TPSA) is 12.0 Å². The van der Waals surface area contributed by atoms with Crippen LogP contribution in [0.1, 0.15) is 37.0 Å². The zero-order chi connectivity index (χ0) is 10.7. The Bertz CT molecular complexity index is 328. The molecule has 1 aliphatic carbocycles. The maximum Gasteiger partial charge on any atom is 0.00105 e. The molecule has 0 radical (unpaired) electrons. The molecule has 0 atom stereocenters. The van der Waals surface area contributed by atoms with Crippen LogP contribution in [0.3, 0.4) is 0 Å². The monoisotopic (exact) mass is 203 g/mol. The first-order valence-corrected chi connectivity index (χ1v) is 6.10. The second kappa shape index (κ2) is 4.80. The molecule has 15 heavy (non-hydrogen) atoms.